The molecule has 25 heavy (non-hydrogen) atoms. The molecule has 138 valence electrons. The van der Waals surface area contributed by atoms with E-state index in [0.717, 1.165) is 25.7 Å². The number of carbonyl (C=O) groups is 1. The van der Waals surface area contributed by atoms with Crippen LogP contribution in [0.4, 0.5) is 10.5 Å². The standard InChI is InChI=1S/C18H27N3O4/c1-18(2,3)25-17(22)20-15-10-8-14(9-11-15)19-12-13-6-4-5-7-16(13)21(23)24/h4-7,14-15,19H,8-12H2,1-3H3,(H,20,22). The smallest absolute Gasteiger partial charge is 0.407 e. The molecule has 0 aliphatic heterocycles. The minimum absolute atomic E-state index is 0.124. The predicted octanol–water partition coefficient (Wildman–Crippen LogP) is 3.52. The summed E-state index contributed by atoms with van der Waals surface area (Å²) in [5, 5.41) is 17.4. The van der Waals surface area contributed by atoms with Crippen LogP contribution in [0.5, 0.6) is 0 Å². The Balaban J connectivity index is 1.76. The molecule has 7 nitrogen and oxygen atoms in total. The van der Waals surface area contributed by atoms with Crippen LogP contribution in [0.1, 0.15) is 52.0 Å². The second-order valence-electron chi connectivity index (χ2n) is 7.46. The van der Waals surface area contributed by atoms with Crippen LogP contribution >= 0.6 is 0 Å². The Morgan fingerprint density at radius 3 is 2.40 bits per heavy atom. The van der Waals surface area contributed by atoms with Gasteiger partial charge < -0.3 is 15.4 Å². The van der Waals surface area contributed by atoms with Gasteiger partial charge in [0.25, 0.3) is 5.69 Å². The molecule has 7 heteroatoms. The first kappa shape index (κ1) is 19.2. The molecule has 1 aliphatic rings. The fourth-order valence-electron chi connectivity index (χ4n) is 3.01. The third-order valence-corrected chi connectivity index (χ3v) is 4.22. The van der Waals surface area contributed by atoms with Crippen LogP contribution in [0.25, 0.3) is 0 Å². The Bertz CT molecular complexity index is 605. The fourth-order valence-corrected chi connectivity index (χ4v) is 3.01. The summed E-state index contributed by atoms with van der Waals surface area (Å²) in [6.45, 7) is 6.01. The Morgan fingerprint density at radius 1 is 1.20 bits per heavy atom. The quantitative estimate of drug-likeness (QED) is 0.626. The number of amides is 1. The van der Waals surface area contributed by atoms with Gasteiger partial charge in [-0.25, -0.2) is 4.79 Å². The third-order valence-electron chi connectivity index (χ3n) is 4.22. The van der Waals surface area contributed by atoms with Crippen molar-refractivity contribution in [3.63, 3.8) is 0 Å². The summed E-state index contributed by atoms with van der Waals surface area (Å²) in [5.74, 6) is 0. The topological polar surface area (TPSA) is 93.5 Å². The molecule has 2 N–H and O–H groups in total. The van der Waals surface area contributed by atoms with E-state index in [1.54, 1.807) is 12.1 Å². The lowest BCUT2D eigenvalue weighted by Crippen LogP contribution is -2.43. The first-order valence-electron chi connectivity index (χ1n) is 8.70. The van der Waals surface area contributed by atoms with Crippen LogP contribution in [0.2, 0.25) is 0 Å². The summed E-state index contributed by atoms with van der Waals surface area (Å²) < 4.78 is 5.28. The molecule has 0 saturated heterocycles. The predicted molar refractivity (Wildman–Crippen MR) is 95.3 cm³/mol. The van der Waals surface area contributed by atoms with Crippen LogP contribution in [-0.2, 0) is 11.3 Å². The lowest BCUT2D eigenvalue weighted by Gasteiger charge is -2.30. The number of carbonyl (C=O) groups excluding carboxylic acids is 1. The molecule has 0 aromatic heterocycles. The highest BCUT2D eigenvalue weighted by molar-refractivity contribution is 5.68. The zero-order valence-electron chi connectivity index (χ0n) is 15.1. The summed E-state index contributed by atoms with van der Waals surface area (Å²) in [6, 6.07) is 7.22. The van der Waals surface area contributed by atoms with E-state index in [1.807, 2.05) is 26.8 Å². The van der Waals surface area contributed by atoms with Crippen LogP contribution in [0.3, 0.4) is 0 Å². The third kappa shape index (κ3) is 6.34. The minimum atomic E-state index is -0.493. The first-order valence-corrected chi connectivity index (χ1v) is 8.70. The number of benzene rings is 1. The van der Waals surface area contributed by atoms with Crippen LogP contribution in [0.15, 0.2) is 24.3 Å². The number of nitro groups is 1. The van der Waals surface area contributed by atoms with Gasteiger partial charge in [0, 0.05) is 30.3 Å². The van der Waals surface area contributed by atoms with Crippen molar-refractivity contribution in [2.24, 2.45) is 0 Å². The number of para-hydroxylation sites is 1. The number of nitro benzene ring substituents is 1. The van der Waals surface area contributed by atoms with Gasteiger partial charge in [0.1, 0.15) is 5.60 Å². The summed E-state index contributed by atoms with van der Waals surface area (Å²) in [5.41, 5.74) is 0.351. The van der Waals surface area contributed by atoms with Gasteiger partial charge in [0.15, 0.2) is 0 Å². The Hall–Kier alpha value is -2.15. The van der Waals surface area contributed by atoms with Gasteiger partial charge in [-0.1, -0.05) is 18.2 Å². The molecule has 0 atom stereocenters. The van der Waals surface area contributed by atoms with Crippen LogP contribution < -0.4 is 10.6 Å². The van der Waals surface area contributed by atoms with Crippen LogP contribution in [0, 0.1) is 10.1 Å². The minimum Gasteiger partial charge on any atom is -0.444 e. The zero-order valence-corrected chi connectivity index (χ0v) is 15.1. The lowest BCUT2D eigenvalue weighted by atomic mass is 9.91. The Labute approximate surface area is 148 Å². The van der Waals surface area contributed by atoms with Gasteiger partial charge in [0.05, 0.1) is 4.92 Å². The Kier molecular flexibility index (Phi) is 6.36. The maximum Gasteiger partial charge on any atom is 0.407 e. The summed E-state index contributed by atoms with van der Waals surface area (Å²) in [6.07, 6.45) is 3.20. The van der Waals surface area contributed by atoms with E-state index in [9.17, 15) is 14.9 Å². The van der Waals surface area contributed by atoms with Gasteiger partial charge in [-0.3, -0.25) is 10.1 Å². The molecular formula is C18H27N3O4. The van der Waals surface area contributed by atoms with E-state index in [-0.39, 0.29) is 22.7 Å². The van der Waals surface area contributed by atoms with Crippen molar-refractivity contribution in [2.75, 3.05) is 0 Å². The highest BCUT2D eigenvalue weighted by Crippen LogP contribution is 2.22. The highest BCUT2D eigenvalue weighted by Gasteiger charge is 2.25. The monoisotopic (exact) mass is 349 g/mol. The Morgan fingerprint density at radius 2 is 1.80 bits per heavy atom. The van der Waals surface area contributed by atoms with E-state index >= 15 is 0 Å². The van der Waals surface area contributed by atoms with Crippen molar-refractivity contribution in [3.8, 4) is 0 Å². The van der Waals surface area contributed by atoms with Gasteiger partial charge in [-0.15, -0.1) is 0 Å². The number of alkyl carbamates (subject to hydrolysis) is 1. The molecule has 1 aromatic rings. The molecule has 0 bridgehead atoms. The number of nitrogens with zero attached hydrogens (tertiary/aromatic N) is 1. The van der Waals surface area contributed by atoms with Gasteiger partial charge in [0.2, 0.25) is 0 Å². The molecule has 0 spiro atoms. The number of hydrogen-bond donors (Lipinski definition) is 2. The normalized spacial score (nSPS) is 20.8. The summed E-state index contributed by atoms with van der Waals surface area (Å²) >= 11 is 0. The van der Waals surface area contributed by atoms with Gasteiger partial charge in [-0.2, -0.15) is 0 Å². The van der Waals surface area contributed by atoms with Crippen molar-refractivity contribution in [1.82, 2.24) is 10.6 Å². The molecular weight excluding hydrogens is 322 g/mol. The van der Waals surface area contributed by atoms with E-state index in [4.69, 9.17) is 4.74 Å². The van der Waals surface area contributed by atoms with Crippen molar-refractivity contribution in [1.29, 1.82) is 0 Å². The van der Waals surface area contributed by atoms with E-state index in [1.165, 1.54) is 6.07 Å². The van der Waals surface area contributed by atoms with Crippen LogP contribution in [-0.4, -0.2) is 28.7 Å². The maximum absolute atomic E-state index is 11.8. The maximum atomic E-state index is 11.8. The zero-order chi connectivity index (χ0) is 18.4. The largest absolute Gasteiger partial charge is 0.444 e. The number of rotatable bonds is 5. The first-order chi connectivity index (χ1) is 11.7. The molecule has 1 fully saturated rings. The molecule has 0 heterocycles. The number of hydrogen-bond acceptors (Lipinski definition) is 5. The lowest BCUT2D eigenvalue weighted by molar-refractivity contribution is -0.385. The SMILES string of the molecule is CC(C)(C)OC(=O)NC1CCC(NCc2ccccc2[N+](=O)[O-])CC1. The fraction of sp³-hybridized carbons (Fsp3) is 0.611. The molecule has 0 unspecified atom stereocenters. The van der Waals surface area contributed by atoms with Gasteiger partial charge >= 0.3 is 6.09 Å². The van der Waals surface area contributed by atoms with Crippen molar-refractivity contribution in [3.05, 3.63) is 39.9 Å². The number of nitrogens with one attached hydrogen (secondary N) is 2. The van der Waals surface area contributed by atoms with Crippen molar-refractivity contribution >= 4 is 11.8 Å². The molecule has 2 rings (SSSR count). The number of ether oxygens (including phenoxy) is 1. The average Bonchev–Trinajstić information content (AvgIpc) is 2.52. The average molecular weight is 349 g/mol. The molecule has 1 aliphatic carbocycles. The highest BCUT2D eigenvalue weighted by atomic mass is 16.6. The molecule has 1 saturated carbocycles. The second kappa shape index (κ2) is 8.29. The molecule has 1 amide bonds. The second-order valence-corrected chi connectivity index (χ2v) is 7.46. The molecule has 0 radical (unpaired) electrons. The van der Waals surface area contributed by atoms with E-state index < -0.39 is 5.60 Å². The van der Waals surface area contributed by atoms with E-state index in [2.05, 4.69) is 10.6 Å². The van der Waals surface area contributed by atoms with E-state index in [0.29, 0.717) is 18.2 Å². The molecule has 1 aromatic carbocycles. The summed E-state index contributed by atoms with van der Waals surface area (Å²) in [7, 11) is 0. The van der Waals surface area contributed by atoms with Gasteiger partial charge in [-0.05, 0) is 46.5 Å². The van der Waals surface area contributed by atoms with Crippen molar-refractivity contribution in [2.45, 2.75) is 70.7 Å². The van der Waals surface area contributed by atoms with Crippen molar-refractivity contribution < 1.29 is 14.5 Å². The summed E-state index contributed by atoms with van der Waals surface area (Å²) in [4.78, 5) is 22.5.